The van der Waals surface area contributed by atoms with Gasteiger partial charge in [0.05, 0.1) is 0 Å². The van der Waals surface area contributed by atoms with Gasteiger partial charge in [-0.3, -0.25) is 4.90 Å². The van der Waals surface area contributed by atoms with Crippen molar-refractivity contribution in [3.05, 3.63) is 34.1 Å². The highest BCUT2D eigenvalue weighted by molar-refractivity contribution is 9.10. The van der Waals surface area contributed by atoms with Crippen LogP contribution in [0.15, 0.2) is 22.7 Å². The lowest BCUT2D eigenvalue weighted by molar-refractivity contribution is 0.273. The molecule has 0 radical (unpaired) electrons. The molecule has 1 N–H and O–H groups in total. The fourth-order valence-electron chi connectivity index (χ4n) is 2.73. The first-order chi connectivity index (χ1) is 8.13. The number of halogens is 2. The Kier molecular flexibility index (Phi) is 4.17. The largest absolute Gasteiger partial charge is 0.319 e. The van der Waals surface area contributed by atoms with Gasteiger partial charge in [0.25, 0.3) is 0 Å². The van der Waals surface area contributed by atoms with Gasteiger partial charge in [0.15, 0.2) is 0 Å². The van der Waals surface area contributed by atoms with Gasteiger partial charge in [0, 0.05) is 10.5 Å². The molecule has 0 aliphatic carbocycles. The normalized spacial score (nSPS) is 25.4. The summed E-state index contributed by atoms with van der Waals surface area (Å²) < 4.78 is 14.0. The fraction of sp³-hybridized carbons (Fsp3) is 0.538. The molecule has 2 rings (SSSR count). The summed E-state index contributed by atoms with van der Waals surface area (Å²) in [5, 5.41) is 3.24. The summed E-state index contributed by atoms with van der Waals surface area (Å²) in [6, 6.07) is 5.37. The Morgan fingerprint density at radius 2 is 2.29 bits per heavy atom. The van der Waals surface area contributed by atoms with Gasteiger partial charge in [0.2, 0.25) is 0 Å². The van der Waals surface area contributed by atoms with Crippen LogP contribution < -0.4 is 5.32 Å². The van der Waals surface area contributed by atoms with E-state index in [9.17, 15) is 4.39 Å². The van der Waals surface area contributed by atoms with Gasteiger partial charge >= 0.3 is 0 Å². The fourth-order valence-corrected chi connectivity index (χ4v) is 3.32. The zero-order valence-corrected chi connectivity index (χ0v) is 11.8. The molecule has 2 nitrogen and oxygen atoms in total. The standard InChI is InChI=1S/C13H18BrFN2/c1-16-8-9-5-6-17(2)13(9)11-4-3-10(15)7-12(11)14/h3-4,7,9,13,16H,5-6,8H2,1-2H3. The van der Waals surface area contributed by atoms with Crippen molar-refractivity contribution in [2.75, 3.05) is 27.2 Å². The number of rotatable bonds is 3. The van der Waals surface area contributed by atoms with E-state index in [1.807, 2.05) is 13.1 Å². The van der Waals surface area contributed by atoms with Gasteiger partial charge < -0.3 is 5.32 Å². The minimum absolute atomic E-state index is 0.188. The van der Waals surface area contributed by atoms with E-state index in [4.69, 9.17) is 0 Å². The van der Waals surface area contributed by atoms with E-state index < -0.39 is 0 Å². The molecule has 0 aromatic heterocycles. The molecule has 1 saturated heterocycles. The average Bonchev–Trinajstić information content (AvgIpc) is 2.62. The Hall–Kier alpha value is -0.450. The third-order valence-corrected chi connectivity index (χ3v) is 4.21. The van der Waals surface area contributed by atoms with E-state index >= 15 is 0 Å². The molecule has 0 bridgehead atoms. The molecule has 0 spiro atoms. The van der Waals surface area contributed by atoms with E-state index in [-0.39, 0.29) is 5.82 Å². The molecule has 1 aromatic carbocycles. The Balaban J connectivity index is 2.29. The summed E-state index contributed by atoms with van der Waals surface area (Å²) in [6.45, 7) is 2.10. The van der Waals surface area contributed by atoms with Gasteiger partial charge in [-0.25, -0.2) is 4.39 Å². The van der Waals surface area contributed by atoms with E-state index in [0.717, 1.165) is 17.6 Å². The zero-order valence-electron chi connectivity index (χ0n) is 10.2. The SMILES string of the molecule is CNCC1CCN(C)C1c1ccc(F)cc1Br. The van der Waals surface area contributed by atoms with Crippen LogP contribution in [0, 0.1) is 11.7 Å². The van der Waals surface area contributed by atoms with Crippen molar-refractivity contribution in [2.24, 2.45) is 5.92 Å². The van der Waals surface area contributed by atoms with Gasteiger partial charge in [0.1, 0.15) is 5.82 Å². The van der Waals surface area contributed by atoms with Crippen molar-refractivity contribution >= 4 is 15.9 Å². The van der Waals surface area contributed by atoms with Crippen molar-refractivity contribution < 1.29 is 4.39 Å². The molecule has 1 aliphatic heterocycles. The molecule has 4 heteroatoms. The van der Waals surface area contributed by atoms with Gasteiger partial charge in [-0.05, 0) is 57.2 Å². The number of likely N-dealkylation sites (tertiary alicyclic amines) is 1. The van der Waals surface area contributed by atoms with Crippen LogP contribution in [0.5, 0.6) is 0 Å². The molecule has 1 fully saturated rings. The zero-order chi connectivity index (χ0) is 12.4. The lowest BCUT2D eigenvalue weighted by Crippen LogP contribution is -2.27. The Bertz CT molecular complexity index is 395. The molecule has 0 saturated carbocycles. The van der Waals surface area contributed by atoms with Crippen LogP contribution in [0.2, 0.25) is 0 Å². The summed E-state index contributed by atoms with van der Waals surface area (Å²) in [4.78, 5) is 2.35. The molecule has 1 aliphatic rings. The maximum Gasteiger partial charge on any atom is 0.124 e. The maximum atomic E-state index is 13.1. The Labute approximate surface area is 110 Å². The predicted octanol–water partition coefficient (Wildman–Crippen LogP) is 2.80. The number of nitrogens with one attached hydrogen (secondary N) is 1. The molecule has 94 valence electrons. The topological polar surface area (TPSA) is 15.3 Å². The third kappa shape index (κ3) is 2.69. The van der Waals surface area contributed by atoms with Gasteiger partial charge in [-0.15, -0.1) is 0 Å². The molecular weight excluding hydrogens is 283 g/mol. The molecule has 17 heavy (non-hydrogen) atoms. The van der Waals surface area contributed by atoms with Gasteiger partial charge in [-0.1, -0.05) is 22.0 Å². The summed E-state index contributed by atoms with van der Waals surface area (Å²) in [5.41, 5.74) is 1.19. The Morgan fingerprint density at radius 3 is 2.94 bits per heavy atom. The lowest BCUT2D eigenvalue weighted by Gasteiger charge is -2.26. The highest BCUT2D eigenvalue weighted by atomic mass is 79.9. The first-order valence-electron chi connectivity index (χ1n) is 5.93. The third-order valence-electron chi connectivity index (χ3n) is 3.52. The molecule has 1 aromatic rings. The molecular formula is C13H18BrFN2. The summed E-state index contributed by atoms with van der Waals surface area (Å²) >= 11 is 3.48. The first-order valence-corrected chi connectivity index (χ1v) is 6.72. The minimum atomic E-state index is -0.188. The second kappa shape index (κ2) is 5.46. The number of hydrogen-bond donors (Lipinski definition) is 1. The maximum absolute atomic E-state index is 13.1. The second-order valence-electron chi connectivity index (χ2n) is 4.70. The molecule has 2 atom stereocenters. The van der Waals surface area contributed by atoms with Crippen molar-refractivity contribution in [2.45, 2.75) is 12.5 Å². The summed E-state index contributed by atoms with van der Waals surface area (Å²) in [5.74, 6) is 0.401. The van der Waals surface area contributed by atoms with E-state index in [1.54, 1.807) is 12.1 Å². The highest BCUT2D eigenvalue weighted by Gasteiger charge is 2.33. The van der Waals surface area contributed by atoms with Crippen molar-refractivity contribution in [3.63, 3.8) is 0 Å². The van der Waals surface area contributed by atoms with E-state index in [1.165, 1.54) is 12.0 Å². The second-order valence-corrected chi connectivity index (χ2v) is 5.55. The van der Waals surface area contributed by atoms with Crippen molar-refractivity contribution in [1.82, 2.24) is 10.2 Å². The Morgan fingerprint density at radius 1 is 1.53 bits per heavy atom. The molecule has 1 heterocycles. The summed E-state index contributed by atoms with van der Waals surface area (Å²) in [7, 11) is 4.12. The smallest absolute Gasteiger partial charge is 0.124 e. The van der Waals surface area contributed by atoms with Crippen LogP contribution in [0.1, 0.15) is 18.0 Å². The van der Waals surface area contributed by atoms with Crippen LogP contribution in [-0.4, -0.2) is 32.1 Å². The van der Waals surface area contributed by atoms with E-state index in [2.05, 4.69) is 33.2 Å². The number of hydrogen-bond acceptors (Lipinski definition) is 2. The minimum Gasteiger partial charge on any atom is -0.319 e. The predicted molar refractivity (Wildman–Crippen MR) is 71.5 cm³/mol. The molecule has 0 amide bonds. The first kappa shape index (κ1) is 13.0. The van der Waals surface area contributed by atoms with Crippen LogP contribution in [-0.2, 0) is 0 Å². The monoisotopic (exact) mass is 300 g/mol. The van der Waals surface area contributed by atoms with Gasteiger partial charge in [-0.2, -0.15) is 0 Å². The van der Waals surface area contributed by atoms with Crippen LogP contribution >= 0.6 is 15.9 Å². The quantitative estimate of drug-likeness (QED) is 0.923. The van der Waals surface area contributed by atoms with Crippen LogP contribution in [0.4, 0.5) is 4.39 Å². The lowest BCUT2D eigenvalue weighted by atomic mass is 9.94. The van der Waals surface area contributed by atoms with Crippen molar-refractivity contribution in [3.8, 4) is 0 Å². The van der Waals surface area contributed by atoms with E-state index in [0.29, 0.717) is 12.0 Å². The summed E-state index contributed by atoms with van der Waals surface area (Å²) in [6.07, 6.45) is 1.19. The number of nitrogens with zero attached hydrogens (tertiary/aromatic N) is 1. The van der Waals surface area contributed by atoms with Crippen LogP contribution in [0.25, 0.3) is 0 Å². The molecule has 2 unspecified atom stereocenters. The highest BCUT2D eigenvalue weighted by Crippen LogP contribution is 2.39. The van der Waals surface area contributed by atoms with Crippen LogP contribution in [0.3, 0.4) is 0 Å². The van der Waals surface area contributed by atoms with Crippen molar-refractivity contribution in [1.29, 1.82) is 0 Å². The average molecular weight is 301 g/mol. The number of benzene rings is 1.